The molecule has 1 aromatic rings. The lowest BCUT2D eigenvalue weighted by molar-refractivity contribution is 0.309. The molecule has 0 amide bonds. The van der Waals surface area contributed by atoms with Gasteiger partial charge in [0.05, 0.1) is 0 Å². The topological polar surface area (TPSA) is 38.7 Å². The highest BCUT2D eigenvalue weighted by Gasteiger charge is 2.31. The summed E-state index contributed by atoms with van der Waals surface area (Å²) < 4.78 is 12.4. The molecule has 3 nitrogen and oxygen atoms in total. The molecule has 1 atom stereocenters. The van der Waals surface area contributed by atoms with Gasteiger partial charge in [0.25, 0.3) is 0 Å². The highest BCUT2D eigenvalue weighted by atomic mass is 31.2. The smallest absolute Gasteiger partial charge is 0.417 e. The van der Waals surface area contributed by atoms with Gasteiger partial charge >= 0.3 is 8.60 Å². The van der Waals surface area contributed by atoms with Crippen LogP contribution in [-0.2, 0) is 10.9 Å². The molecule has 1 N–H and O–H groups in total. The van der Waals surface area contributed by atoms with Gasteiger partial charge in [-0.25, -0.2) is 0 Å². The van der Waals surface area contributed by atoms with Crippen LogP contribution in [0, 0.1) is 12.8 Å². The molecule has 1 heterocycles. The molecule has 3 aliphatic rings. The van der Waals surface area contributed by atoms with Crippen molar-refractivity contribution < 1.29 is 13.9 Å². The van der Waals surface area contributed by atoms with E-state index in [2.05, 4.69) is 45.6 Å². The average molecular weight is 455 g/mol. The highest BCUT2D eigenvalue weighted by Crippen LogP contribution is 2.50. The Morgan fingerprint density at radius 1 is 1.00 bits per heavy atom. The van der Waals surface area contributed by atoms with Gasteiger partial charge in [-0.3, -0.25) is 0 Å². The van der Waals surface area contributed by atoms with Gasteiger partial charge in [0, 0.05) is 6.42 Å². The predicted octanol–water partition coefficient (Wildman–Crippen LogP) is 8.57. The number of hydrogen-bond acceptors (Lipinski definition) is 3. The Morgan fingerprint density at radius 2 is 1.66 bits per heavy atom. The standard InChI is InChI=1S/C28H39O3P/c1-19(2)15-25(22-11-7-5-8-12-22)27-21(4)18-24-16-20(3)17-26(23-13-9-6-10-14-23)28(24)31-32(29)30-27/h15-17,22-23,29H,4-14,18H2,1-3H3. The molecule has 1 aliphatic heterocycles. The molecule has 2 aliphatic carbocycles. The number of aryl methyl sites for hydroxylation is 1. The van der Waals surface area contributed by atoms with E-state index in [4.69, 9.17) is 9.05 Å². The SMILES string of the molecule is C=C1Cc2cc(C)cc(C3CCCCC3)c2OP(O)OC1=C(C=C(C)C)C1CCCCC1. The Morgan fingerprint density at radius 3 is 2.31 bits per heavy atom. The Hall–Kier alpha value is -1.57. The van der Waals surface area contributed by atoms with Crippen LogP contribution >= 0.6 is 8.60 Å². The van der Waals surface area contributed by atoms with Crippen LogP contribution < -0.4 is 4.52 Å². The number of hydrogen-bond donors (Lipinski definition) is 1. The summed E-state index contributed by atoms with van der Waals surface area (Å²) in [5, 5.41) is 0. The molecule has 4 rings (SSSR count). The summed E-state index contributed by atoms with van der Waals surface area (Å²) in [7, 11) is -2.06. The number of rotatable bonds is 3. The largest absolute Gasteiger partial charge is 0.460 e. The summed E-state index contributed by atoms with van der Waals surface area (Å²) >= 11 is 0. The third kappa shape index (κ3) is 5.49. The minimum Gasteiger partial charge on any atom is -0.417 e. The molecule has 0 saturated heterocycles. The molecule has 0 radical (unpaired) electrons. The first-order valence-corrected chi connectivity index (χ1v) is 13.6. The van der Waals surface area contributed by atoms with Gasteiger partial charge in [-0.05, 0) is 80.6 Å². The Balaban J connectivity index is 1.75. The number of benzene rings is 1. The van der Waals surface area contributed by atoms with Crippen LogP contribution in [0.3, 0.4) is 0 Å². The van der Waals surface area contributed by atoms with E-state index in [1.165, 1.54) is 86.5 Å². The highest BCUT2D eigenvalue weighted by molar-refractivity contribution is 7.41. The van der Waals surface area contributed by atoms with Crippen molar-refractivity contribution in [2.75, 3.05) is 0 Å². The zero-order valence-electron chi connectivity index (χ0n) is 20.1. The van der Waals surface area contributed by atoms with Crippen molar-refractivity contribution >= 4 is 8.60 Å². The normalized spacial score (nSPS) is 24.5. The fourth-order valence-corrected chi connectivity index (χ4v) is 6.54. The zero-order valence-corrected chi connectivity index (χ0v) is 21.0. The lowest BCUT2D eigenvalue weighted by Gasteiger charge is -2.31. The molecule has 0 spiro atoms. The molecule has 174 valence electrons. The third-order valence-electron chi connectivity index (χ3n) is 7.20. The Labute approximate surface area is 195 Å². The maximum Gasteiger partial charge on any atom is 0.460 e. The van der Waals surface area contributed by atoms with Gasteiger partial charge in [0.2, 0.25) is 0 Å². The molecule has 4 heteroatoms. The van der Waals surface area contributed by atoms with E-state index in [0.29, 0.717) is 18.3 Å². The van der Waals surface area contributed by atoms with Crippen LogP contribution in [0.25, 0.3) is 0 Å². The molecule has 32 heavy (non-hydrogen) atoms. The van der Waals surface area contributed by atoms with Crippen LogP contribution in [0.2, 0.25) is 0 Å². The second-order valence-corrected chi connectivity index (χ2v) is 11.1. The van der Waals surface area contributed by atoms with E-state index in [1.807, 2.05) is 0 Å². The van der Waals surface area contributed by atoms with Gasteiger partial charge < -0.3 is 13.9 Å². The first kappa shape index (κ1) is 23.6. The quantitative estimate of drug-likeness (QED) is 0.465. The van der Waals surface area contributed by atoms with Crippen LogP contribution in [0.4, 0.5) is 0 Å². The first-order chi connectivity index (χ1) is 15.4. The molecular formula is C28H39O3P. The summed E-state index contributed by atoms with van der Waals surface area (Å²) in [6.07, 6.45) is 15.3. The van der Waals surface area contributed by atoms with Crippen molar-refractivity contribution in [3.8, 4) is 5.75 Å². The molecule has 0 aromatic heterocycles. The minimum absolute atomic E-state index is 0.461. The minimum atomic E-state index is -2.06. The van der Waals surface area contributed by atoms with Crippen molar-refractivity contribution in [1.29, 1.82) is 0 Å². The van der Waals surface area contributed by atoms with E-state index < -0.39 is 8.60 Å². The monoisotopic (exact) mass is 454 g/mol. The molecule has 1 unspecified atom stereocenters. The maximum absolute atomic E-state index is 10.9. The number of allylic oxidation sites excluding steroid dienone is 4. The number of fused-ring (bicyclic) bond motifs is 1. The van der Waals surface area contributed by atoms with Crippen molar-refractivity contribution in [3.05, 3.63) is 64.0 Å². The van der Waals surface area contributed by atoms with Crippen LogP contribution in [0.1, 0.15) is 101 Å². The molecule has 2 fully saturated rings. The summed E-state index contributed by atoms with van der Waals surface area (Å²) in [5.74, 6) is 2.57. The summed E-state index contributed by atoms with van der Waals surface area (Å²) in [6, 6.07) is 4.47. The van der Waals surface area contributed by atoms with Crippen LogP contribution in [-0.4, -0.2) is 4.89 Å². The molecule has 1 aromatic carbocycles. The lowest BCUT2D eigenvalue weighted by atomic mass is 9.80. The predicted molar refractivity (Wildman–Crippen MR) is 134 cm³/mol. The van der Waals surface area contributed by atoms with Gasteiger partial charge in [-0.2, -0.15) is 0 Å². The summed E-state index contributed by atoms with van der Waals surface area (Å²) in [6.45, 7) is 10.9. The van der Waals surface area contributed by atoms with E-state index in [0.717, 1.165) is 22.6 Å². The van der Waals surface area contributed by atoms with Crippen molar-refractivity contribution in [3.63, 3.8) is 0 Å². The van der Waals surface area contributed by atoms with Crippen LogP contribution in [0.5, 0.6) is 5.75 Å². The van der Waals surface area contributed by atoms with Crippen LogP contribution in [0.15, 0.2) is 47.3 Å². The van der Waals surface area contributed by atoms with E-state index >= 15 is 0 Å². The Kier molecular flexibility index (Phi) is 7.79. The van der Waals surface area contributed by atoms with Gasteiger partial charge in [0.1, 0.15) is 11.5 Å². The van der Waals surface area contributed by atoms with Crippen molar-refractivity contribution in [2.45, 2.75) is 97.3 Å². The van der Waals surface area contributed by atoms with E-state index in [9.17, 15) is 4.89 Å². The zero-order chi connectivity index (χ0) is 22.7. The summed E-state index contributed by atoms with van der Waals surface area (Å²) in [4.78, 5) is 10.9. The van der Waals surface area contributed by atoms with Crippen molar-refractivity contribution in [1.82, 2.24) is 0 Å². The first-order valence-electron chi connectivity index (χ1n) is 12.5. The second-order valence-electron chi connectivity index (χ2n) is 10.2. The van der Waals surface area contributed by atoms with Gasteiger partial charge in [-0.15, -0.1) is 0 Å². The fraction of sp³-hybridized carbons (Fsp3) is 0.571. The Bertz CT molecular complexity index is 897. The van der Waals surface area contributed by atoms with Gasteiger partial charge in [0.15, 0.2) is 0 Å². The van der Waals surface area contributed by atoms with E-state index in [-0.39, 0.29) is 0 Å². The molecule has 0 bridgehead atoms. The maximum atomic E-state index is 10.9. The second kappa shape index (κ2) is 10.6. The summed E-state index contributed by atoms with van der Waals surface area (Å²) in [5.41, 5.74) is 7.04. The molecular weight excluding hydrogens is 415 g/mol. The van der Waals surface area contributed by atoms with Gasteiger partial charge in [-0.1, -0.05) is 74.4 Å². The lowest BCUT2D eigenvalue weighted by Crippen LogP contribution is -2.15. The molecule has 2 saturated carbocycles. The average Bonchev–Trinajstić information content (AvgIpc) is 2.78. The van der Waals surface area contributed by atoms with E-state index in [1.54, 1.807) is 0 Å². The van der Waals surface area contributed by atoms with Crippen molar-refractivity contribution in [2.24, 2.45) is 5.92 Å². The fourth-order valence-electron chi connectivity index (χ4n) is 5.74. The third-order valence-corrected chi connectivity index (χ3v) is 7.88.